The maximum absolute atomic E-state index is 13.6. The topological polar surface area (TPSA) is 59.3 Å². The van der Waals surface area contributed by atoms with Gasteiger partial charge in [0.1, 0.15) is 18.0 Å². The number of benzene rings is 1. The molecule has 1 saturated carbocycles. The summed E-state index contributed by atoms with van der Waals surface area (Å²) >= 11 is 0. The lowest BCUT2D eigenvalue weighted by molar-refractivity contribution is 0.0933. The highest BCUT2D eigenvalue weighted by Gasteiger charge is 2.30. The first-order valence-electron chi connectivity index (χ1n) is 8.54. The van der Waals surface area contributed by atoms with Crippen molar-refractivity contribution in [2.75, 3.05) is 0 Å². The molecule has 1 atom stereocenters. The van der Waals surface area contributed by atoms with Crippen LogP contribution >= 0.6 is 0 Å². The van der Waals surface area contributed by atoms with E-state index in [1.54, 1.807) is 10.5 Å². The average Bonchev–Trinajstić information content (AvgIpc) is 3.33. The van der Waals surface area contributed by atoms with Crippen LogP contribution in [0.1, 0.15) is 35.9 Å². The number of imidazole rings is 1. The molecule has 1 aromatic carbocycles. The van der Waals surface area contributed by atoms with Gasteiger partial charge in [-0.15, -0.1) is 0 Å². The Morgan fingerprint density at radius 2 is 1.92 bits per heavy atom. The number of aryl methyl sites for hydroxylation is 1. The average molecular weight is 356 g/mol. The molecule has 5 nitrogen and oxygen atoms in total. The summed E-state index contributed by atoms with van der Waals surface area (Å²) in [6, 6.07) is 5.03. The van der Waals surface area contributed by atoms with Gasteiger partial charge in [-0.05, 0) is 50.8 Å². The number of fused-ring (bicyclic) bond motifs is 1. The first-order valence-corrected chi connectivity index (χ1v) is 8.54. The molecule has 3 aromatic rings. The molecule has 4 rings (SSSR count). The van der Waals surface area contributed by atoms with E-state index in [9.17, 15) is 13.6 Å². The number of hydrogen-bond acceptors (Lipinski definition) is 3. The molecule has 7 heteroatoms. The predicted octanol–water partition coefficient (Wildman–Crippen LogP) is 3.51. The van der Waals surface area contributed by atoms with E-state index >= 15 is 0 Å². The van der Waals surface area contributed by atoms with Gasteiger partial charge in [0.15, 0.2) is 11.3 Å². The lowest BCUT2D eigenvalue weighted by Crippen LogP contribution is -2.34. The van der Waals surface area contributed by atoms with Gasteiger partial charge in [0.2, 0.25) is 0 Å². The molecule has 2 aromatic heterocycles. The smallest absolute Gasteiger partial charge is 0.274 e. The normalized spacial score (nSPS) is 15.2. The van der Waals surface area contributed by atoms with E-state index in [1.807, 2.05) is 13.8 Å². The van der Waals surface area contributed by atoms with E-state index in [0.717, 1.165) is 24.6 Å². The van der Waals surface area contributed by atoms with Crippen LogP contribution in [0.5, 0.6) is 0 Å². The molecule has 1 fully saturated rings. The minimum absolute atomic E-state index is 0.0841. The van der Waals surface area contributed by atoms with Crippen LogP contribution in [0.15, 0.2) is 30.6 Å². The summed E-state index contributed by atoms with van der Waals surface area (Å²) in [6.45, 7) is 3.80. The van der Waals surface area contributed by atoms with E-state index in [0.29, 0.717) is 22.8 Å². The standard InChI is InChI=1S/C19H18F2N4O/c1-10-5-16(13-6-14(20)8-15(21)7-13)24-18-17(22-9-25(10)18)19(26)23-11(2)12-3-4-12/h5-9,11-12H,3-4H2,1-2H3,(H,23,26). The second-order valence-electron chi connectivity index (χ2n) is 6.83. The third-order valence-electron chi connectivity index (χ3n) is 4.76. The van der Waals surface area contributed by atoms with Gasteiger partial charge < -0.3 is 5.32 Å². The van der Waals surface area contributed by atoms with Crippen molar-refractivity contribution in [3.8, 4) is 11.3 Å². The van der Waals surface area contributed by atoms with Gasteiger partial charge >= 0.3 is 0 Å². The second-order valence-corrected chi connectivity index (χ2v) is 6.83. The molecule has 0 bridgehead atoms. The van der Waals surface area contributed by atoms with E-state index in [2.05, 4.69) is 15.3 Å². The highest BCUT2D eigenvalue weighted by atomic mass is 19.1. The van der Waals surface area contributed by atoms with Crippen LogP contribution in [-0.2, 0) is 0 Å². The molecule has 1 aliphatic carbocycles. The number of hydrogen-bond donors (Lipinski definition) is 1. The summed E-state index contributed by atoms with van der Waals surface area (Å²) in [5.41, 5.74) is 2.03. The minimum atomic E-state index is -0.677. The fraction of sp³-hybridized carbons (Fsp3) is 0.316. The Morgan fingerprint density at radius 1 is 1.23 bits per heavy atom. The Kier molecular flexibility index (Phi) is 3.94. The van der Waals surface area contributed by atoms with Gasteiger partial charge in [-0.3, -0.25) is 9.20 Å². The zero-order chi connectivity index (χ0) is 18.4. The van der Waals surface area contributed by atoms with Crippen LogP contribution in [0.3, 0.4) is 0 Å². The summed E-state index contributed by atoms with van der Waals surface area (Å²) in [7, 11) is 0. The fourth-order valence-electron chi connectivity index (χ4n) is 3.12. The molecule has 0 saturated heterocycles. The monoisotopic (exact) mass is 356 g/mol. The van der Waals surface area contributed by atoms with Crippen molar-refractivity contribution in [2.24, 2.45) is 5.92 Å². The molecule has 0 aliphatic heterocycles. The molecule has 0 radical (unpaired) electrons. The third kappa shape index (κ3) is 3.05. The Labute approximate surface area is 149 Å². The molecule has 1 aliphatic rings. The van der Waals surface area contributed by atoms with Crippen LogP contribution in [-0.4, -0.2) is 26.3 Å². The quantitative estimate of drug-likeness (QED) is 0.778. The lowest BCUT2D eigenvalue weighted by Gasteiger charge is -2.12. The Bertz CT molecular complexity index is 990. The largest absolute Gasteiger partial charge is 0.348 e. The number of carbonyl (C=O) groups is 1. The van der Waals surface area contributed by atoms with E-state index in [-0.39, 0.29) is 17.6 Å². The maximum Gasteiger partial charge on any atom is 0.274 e. The lowest BCUT2D eigenvalue weighted by atomic mass is 10.1. The maximum atomic E-state index is 13.6. The van der Waals surface area contributed by atoms with Crippen molar-refractivity contribution in [2.45, 2.75) is 32.7 Å². The summed E-state index contributed by atoms with van der Waals surface area (Å²) in [5.74, 6) is -1.12. The Hall–Kier alpha value is -2.83. The Morgan fingerprint density at radius 3 is 2.58 bits per heavy atom. The number of nitrogens with one attached hydrogen (secondary N) is 1. The van der Waals surface area contributed by atoms with E-state index < -0.39 is 11.6 Å². The Balaban J connectivity index is 1.76. The molecule has 1 amide bonds. The van der Waals surface area contributed by atoms with Crippen LogP contribution in [0, 0.1) is 24.5 Å². The SMILES string of the molecule is Cc1cc(-c2cc(F)cc(F)c2)nc2c(C(=O)NC(C)C3CC3)ncn12. The number of carbonyl (C=O) groups excluding carboxylic acids is 1. The molecule has 26 heavy (non-hydrogen) atoms. The van der Waals surface area contributed by atoms with Gasteiger partial charge in [0, 0.05) is 23.4 Å². The van der Waals surface area contributed by atoms with Crippen LogP contribution in [0.25, 0.3) is 16.9 Å². The van der Waals surface area contributed by atoms with Crippen LogP contribution < -0.4 is 5.32 Å². The van der Waals surface area contributed by atoms with Crippen molar-refractivity contribution < 1.29 is 13.6 Å². The van der Waals surface area contributed by atoms with Gasteiger partial charge in [0.25, 0.3) is 5.91 Å². The van der Waals surface area contributed by atoms with Crippen molar-refractivity contribution in [1.82, 2.24) is 19.7 Å². The molecule has 134 valence electrons. The molecule has 0 spiro atoms. The number of aromatic nitrogens is 3. The van der Waals surface area contributed by atoms with Crippen molar-refractivity contribution in [1.29, 1.82) is 0 Å². The molecular weight excluding hydrogens is 338 g/mol. The summed E-state index contributed by atoms with van der Waals surface area (Å²) in [5, 5.41) is 2.96. The fourth-order valence-corrected chi connectivity index (χ4v) is 3.12. The summed E-state index contributed by atoms with van der Waals surface area (Å²) in [4.78, 5) is 21.2. The van der Waals surface area contributed by atoms with Crippen LogP contribution in [0.4, 0.5) is 8.78 Å². The number of nitrogens with zero attached hydrogens (tertiary/aromatic N) is 3. The van der Waals surface area contributed by atoms with Crippen molar-refractivity contribution >= 4 is 11.6 Å². The highest BCUT2D eigenvalue weighted by molar-refractivity contribution is 5.98. The molecule has 1 N–H and O–H groups in total. The zero-order valence-electron chi connectivity index (χ0n) is 14.5. The first-order chi connectivity index (χ1) is 12.4. The number of amides is 1. The second kappa shape index (κ2) is 6.16. The summed E-state index contributed by atoms with van der Waals surface area (Å²) in [6.07, 6.45) is 3.78. The van der Waals surface area contributed by atoms with E-state index in [4.69, 9.17) is 0 Å². The number of halogens is 2. The van der Waals surface area contributed by atoms with Crippen molar-refractivity contribution in [3.05, 3.63) is 53.6 Å². The van der Waals surface area contributed by atoms with Gasteiger partial charge in [0.05, 0.1) is 5.69 Å². The van der Waals surface area contributed by atoms with Gasteiger partial charge in [-0.2, -0.15) is 0 Å². The molecule has 2 heterocycles. The van der Waals surface area contributed by atoms with Gasteiger partial charge in [-0.1, -0.05) is 0 Å². The third-order valence-corrected chi connectivity index (χ3v) is 4.76. The number of rotatable bonds is 4. The minimum Gasteiger partial charge on any atom is -0.348 e. The molecule has 1 unspecified atom stereocenters. The van der Waals surface area contributed by atoms with Crippen molar-refractivity contribution in [3.63, 3.8) is 0 Å². The molecular formula is C19H18F2N4O. The van der Waals surface area contributed by atoms with Gasteiger partial charge in [-0.25, -0.2) is 18.7 Å². The predicted molar refractivity (Wildman–Crippen MR) is 92.7 cm³/mol. The van der Waals surface area contributed by atoms with E-state index in [1.165, 1.54) is 18.5 Å². The highest BCUT2D eigenvalue weighted by Crippen LogP contribution is 2.32. The van der Waals surface area contributed by atoms with Crippen LogP contribution in [0.2, 0.25) is 0 Å². The summed E-state index contributed by atoms with van der Waals surface area (Å²) < 4.78 is 28.8. The zero-order valence-corrected chi connectivity index (χ0v) is 14.5. The first kappa shape index (κ1) is 16.6.